The van der Waals surface area contributed by atoms with Gasteiger partial charge in [0, 0.05) is 21.1 Å². The summed E-state index contributed by atoms with van der Waals surface area (Å²) in [5.41, 5.74) is 0.592. The molecule has 0 aliphatic carbocycles. The maximum atomic E-state index is 11.8. The normalized spacial score (nSPS) is 11.6. The third-order valence-corrected chi connectivity index (χ3v) is 4.07. The van der Waals surface area contributed by atoms with Gasteiger partial charge in [-0.05, 0) is 24.3 Å². The highest BCUT2D eigenvalue weighted by atomic mass is 32.2. The van der Waals surface area contributed by atoms with Crippen molar-refractivity contribution >= 4 is 15.9 Å². The second-order valence-electron chi connectivity index (χ2n) is 3.46. The van der Waals surface area contributed by atoms with Crippen LogP contribution < -0.4 is 9.04 Å². The summed E-state index contributed by atoms with van der Waals surface area (Å²) in [6.45, 7) is 0. The fourth-order valence-electron chi connectivity index (χ4n) is 1.17. The van der Waals surface area contributed by atoms with E-state index in [1.54, 1.807) is 31.4 Å². The van der Waals surface area contributed by atoms with E-state index in [0.29, 0.717) is 11.4 Å². The molecule has 0 unspecified atom stereocenters. The highest BCUT2D eigenvalue weighted by Crippen LogP contribution is 2.20. The first-order valence-electron chi connectivity index (χ1n) is 4.70. The van der Waals surface area contributed by atoms with Crippen LogP contribution in [0.2, 0.25) is 0 Å². The largest absolute Gasteiger partial charge is 0.497 e. The van der Waals surface area contributed by atoms with Gasteiger partial charge in [0.15, 0.2) is 0 Å². The summed E-state index contributed by atoms with van der Waals surface area (Å²) < 4.78 is 31.0. The number of anilines is 1. The minimum Gasteiger partial charge on any atom is -0.497 e. The topological polar surface area (TPSA) is 49.9 Å². The fraction of sp³-hybridized carbons (Fsp3) is 0.400. The van der Waals surface area contributed by atoms with Crippen LogP contribution >= 0.6 is 0 Å². The van der Waals surface area contributed by atoms with Crippen LogP contribution in [0.4, 0.5) is 5.69 Å². The van der Waals surface area contributed by atoms with E-state index in [1.807, 2.05) is 0 Å². The lowest BCUT2D eigenvalue weighted by Gasteiger charge is -2.23. The van der Waals surface area contributed by atoms with Crippen LogP contribution in [-0.4, -0.2) is 41.0 Å². The van der Waals surface area contributed by atoms with Gasteiger partial charge in [-0.3, -0.25) is 4.31 Å². The van der Waals surface area contributed by atoms with Crippen LogP contribution in [0.1, 0.15) is 0 Å². The Labute approximate surface area is 96.4 Å². The molecule has 0 saturated heterocycles. The van der Waals surface area contributed by atoms with Crippen LogP contribution in [0.15, 0.2) is 24.3 Å². The Morgan fingerprint density at radius 1 is 1.06 bits per heavy atom. The fourth-order valence-corrected chi connectivity index (χ4v) is 2.05. The summed E-state index contributed by atoms with van der Waals surface area (Å²) in [6, 6.07) is 6.83. The molecule has 0 aliphatic rings. The Kier molecular flexibility index (Phi) is 3.77. The first-order chi connectivity index (χ1) is 7.39. The summed E-state index contributed by atoms with van der Waals surface area (Å²) in [5.74, 6) is 0.694. The average Bonchev–Trinajstić information content (AvgIpc) is 2.28. The Morgan fingerprint density at radius 3 is 1.94 bits per heavy atom. The molecule has 0 aromatic heterocycles. The highest BCUT2D eigenvalue weighted by molar-refractivity contribution is 7.90. The summed E-state index contributed by atoms with van der Waals surface area (Å²) in [6.07, 6.45) is 0. The van der Waals surface area contributed by atoms with Crippen molar-refractivity contribution in [3.63, 3.8) is 0 Å². The minimum absolute atomic E-state index is 0.592. The lowest BCUT2D eigenvalue weighted by molar-refractivity contribution is 0.415. The van der Waals surface area contributed by atoms with Gasteiger partial charge in [0.25, 0.3) is 0 Å². The van der Waals surface area contributed by atoms with Crippen molar-refractivity contribution in [3.8, 4) is 5.75 Å². The van der Waals surface area contributed by atoms with Crippen LogP contribution in [0.3, 0.4) is 0 Å². The van der Waals surface area contributed by atoms with Crippen LogP contribution in [-0.2, 0) is 10.2 Å². The van der Waals surface area contributed by atoms with E-state index in [-0.39, 0.29) is 0 Å². The summed E-state index contributed by atoms with van der Waals surface area (Å²) in [4.78, 5) is 0. The number of methoxy groups -OCH3 is 1. The third kappa shape index (κ3) is 2.45. The number of hydrogen-bond acceptors (Lipinski definition) is 3. The maximum Gasteiger partial charge on any atom is 0.303 e. The second-order valence-corrected chi connectivity index (χ2v) is 5.63. The molecule has 0 aliphatic heterocycles. The predicted molar refractivity (Wildman–Crippen MR) is 64.0 cm³/mol. The Balaban J connectivity index is 3.01. The van der Waals surface area contributed by atoms with Crippen molar-refractivity contribution in [3.05, 3.63) is 24.3 Å². The molecule has 6 heteroatoms. The minimum atomic E-state index is -3.42. The number of rotatable bonds is 4. The number of benzene rings is 1. The molecule has 90 valence electrons. The van der Waals surface area contributed by atoms with Gasteiger partial charge in [-0.2, -0.15) is 12.7 Å². The first kappa shape index (κ1) is 12.8. The summed E-state index contributed by atoms with van der Waals surface area (Å²) >= 11 is 0. The molecule has 1 aromatic carbocycles. The molecular formula is C10H16N2O3S. The number of ether oxygens (including phenoxy) is 1. The van der Waals surface area contributed by atoms with Crippen molar-refractivity contribution in [2.45, 2.75) is 0 Å². The predicted octanol–water partition coefficient (Wildman–Crippen LogP) is 0.938. The Bertz CT molecular complexity index is 440. The van der Waals surface area contributed by atoms with E-state index in [4.69, 9.17) is 4.74 Å². The monoisotopic (exact) mass is 244 g/mol. The zero-order valence-corrected chi connectivity index (χ0v) is 10.7. The number of nitrogens with zero attached hydrogens (tertiary/aromatic N) is 2. The quantitative estimate of drug-likeness (QED) is 0.792. The van der Waals surface area contributed by atoms with E-state index in [2.05, 4.69) is 0 Å². The van der Waals surface area contributed by atoms with E-state index in [1.165, 1.54) is 25.4 Å². The number of hydrogen-bond donors (Lipinski definition) is 0. The Hall–Kier alpha value is -1.27. The molecule has 0 N–H and O–H groups in total. The van der Waals surface area contributed by atoms with Crippen molar-refractivity contribution < 1.29 is 13.2 Å². The molecular weight excluding hydrogens is 228 g/mol. The lowest BCUT2D eigenvalue weighted by Crippen LogP contribution is -2.37. The molecule has 16 heavy (non-hydrogen) atoms. The summed E-state index contributed by atoms with van der Waals surface area (Å²) in [5, 5.41) is 0. The summed E-state index contributed by atoms with van der Waals surface area (Å²) in [7, 11) is 2.64. The van der Waals surface area contributed by atoms with Crippen LogP contribution in [0.25, 0.3) is 0 Å². The zero-order chi connectivity index (χ0) is 12.3. The van der Waals surface area contributed by atoms with Gasteiger partial charge in [0.2, 0.25) is 0 Å². The molecule has 5 nitrogen and oxygen atoms in total. The van der Waals surface area contributed by atoms with Gasteiger partial charge in [-0.1, -0.05) is 0 Å². The lowest BCUT2D eigenvalue weighted by atomic mass is 10.3. The molecule has 0 heterocycles. The maximum absolute atomic E-state index is 11.8. The van der Waals surface area contributed by atoms with Gasteiger partial charge >= 0.3 is 10.2 Å². The molecule has 1 rings (SSSR count). The molecule has 0 atom stereocenters. The van der Waals surface area contributed by atoms with Crippen LogP contribution in [0, 0.1) is 0 Å². The van der Waals surface area contributed by atoms with Crippen LogP contribution in [0.5, 0.6) is 5.75 Å². The van der Waals surface area contributed by atoms with Gasteiger partial charge < -0.3 is 4.74 Å². The van der Waals surface area contributed by atoms with Gasteiger partial charge in [0.05, 0.1) is 12.8 Å². The van der Waals surface area contributed by atoms with E-state index < -0.39 is 10.2 Å². The highest BCUT2D eigenvalue weighted by Gasteiger charge is 2.20. The smallest absolute Gasteiger partial charge is 0.303 e. The SMILES string of the molecule is COc1ccc(N(C)S(=O)(=O)N(C)C)cc1. The van der Waals surface area contributed by atoms with Crippen molar-refractivity contribution in [1.82, 2.24) is 4.31 Å². The molecule has 0 bridgehead atoms. The average molecular weight is 244 g/mol. The van der Waals surface area contributed by atoms with Crippen molar-refractivity contribution in [2.24, 2.45) is 0 Å². The van der Waals surface area contributed by atoms with Gasteiger partial charge in [-0.15, -0.1) is 0 Å². The molecule has 0 spiro atoms. The molecule has 0 amide bonds. The molecule has 1 aromatic rings. The first-order valence-corrected chi connectivity index (χ1v) is 6.09. The molecule has 0 saturated carbocycles. The molecule has 0 fully saturated rings. The van der Waals surface area contributed by atoms with E-state index >= 15 is 0 Å². The second kappa shape index (κ2) is 4.71. The van der Waals surface area contributed by atoms with Crippen molar-refractivity contribution in [2.75, 3.05) is 32.6 Å². The van der Waals surface area contributed by atoms with Gasteiger partial charge in [-0.25, -0.2) is 0 Å². The van der Waals surface area contributed by atoms with E-state index in [0.717, 1.165) is 4.31 Å². The van der Waals surface area contributed by atoms with E-state index in [9.17, 15) is 8.42 Å². The molecule has 0 radical (unpaired) electrons. The standard InChI is InChI=1S/C10H16N2O3S/c1-11(2)16(13,14)12(3)9-5-7-10(15-4)8-6-9/h5-8H,1-4H3. The zero-order valence-electron chi connectivity index (χ0n) is 9.84. The Morgan fingerprint density at radius 2 is 1.56 bits per heavy atom. The van der Waals surface area contributed by atoms with Gasteiger partial charge in [0.1, 0.15) is 5.75 Å². The van der Waals surface area contributed by atoms with Crippen molar-refractivity contribution in [1.29, 1.82) is 0 Å². The third-order valence-electron chi connectivity index (χ3n) is 2.24.